The van der Waals surface area contributed by atoms with Crippen LogP contribution in [0.4, 0.5) is 13.2 Å². The summed E-state index contributed by atoms with van der Waals surface area (Å²) in [5, 5.41) is 0. The number of aryl methyl sites for hydroxylation is 1. The molecule has 2 heterocycles. The summed E-state index contributed by atoms with van der Waals surface area (Å²) >= 11 is 0. The molecule has 0 bridgehead atoms. The maximum Gasteiger partial charge on any atom is 0.433 e. The van der Waals surface area contributed by atoms with Crippen molar-refractivity contribution >= 4 is 10.0 Å². The molecule has 1 aliphatic heterocycles. The fraction of sp³-hybridized carbons (Fsp3) is 0.706. The Morgan fingerprint density at radius 3 is 2.33 bits per heavy atom. The molecule has 0 atom stereocenters. The number of ether oxygens (including phenoxy) is 1. The first-order valence-corrected chi connectivity index (χ1v) is 10.4. The van der Waals surface area contributed by atoms with Crippen molar-refractivity contribution in [2.45, 2.75) is 37.3 Å². The highest BCUT2D eigenvalue weighted by Crippen LogP contribution is 2.29. The molecule has 0 N–H and O–H groups in total. The van der Waals surface area contributed by atoms with E-state index in [1.807, 2.05) is 0 Å². The van der Waals surface area contributed by atoms with Crippen molar-refractivity contribution in [2.75, 3.05) is 46.4 Å². The summed E-state index contributed by atoms with van der Waals surface area (Å²) in [5.41, 5.74) is -1.22. The van der Waals surface area contributed by atoms with E-state index in [1.54, 1.807) is 7.11 Å². The maximum atomic E-state index is 12.8. The number of methoxy groups -OCH3 is 1. The van der Waals surface area contributed by atoms with E-state index in [-0.39, 0.29) is 10.6 Å². The number of unbranched alkanes of at least 4 members (excludes halogenated alkanes) is 2. The summed E-state index contributed by atoms with van der Waals surface area (Å²) in [5.74, 6) is 0. The minimum atomic E-state index is -4.60. The van der Waals surface area contributed by atoms with Gasteiger partial charge in [-0.1, -0.05) is 0 Å². The lowest BCUT2D eigenvalue weighted by Gasteiger charge is -2.34. The quantitative estimate of drug-likeness (QED) is 0.618. The largest absolute Gasteiger partial charge is 0.433 e. The van der Waals surface area contributed by atoms with Crippen molar-refractivity contribution in [3.8, 4) is 0 Å². The zero-order chi connectivity index (χ0) is 20.1. The summed E-state index contributed by atoms with van der Waals surface area (Å²) in [7, 11) is -2.18. The first-order valence-electron chi connectivity index (χ1n) is 8.92. The lowest BCUT2D eigenvalue weighted by atomic mass is 10.2. The second-order valence-corrected chi connectivity index (χ2v) is 8.48. The van der Waals surface area contributed by atoms with Crippen molar-refractivity contribution < 1.29 is 26.3 Å². The zero-order valence-corrected chi connectivity index (χ0v) is 16.4. The van der Waals surface area contributed by atoms with Gasteiger partial charge >= 0.3 is 6.18 Å². The molecule has 27 heavy (non-hydrogen) atoms. The van der Waals surface area contributed by atoms with Gasteiger partial charge in [-0.05, 0) is 44.9 Å². The summed E-state index contributed by atoms with van der Waals surface area (Å²) in [6, 6.07) is 1.72. The Balaban J connectivity index is 1.95. The van der Waals surface area contributed by atoms with Crippen LogP contribution in [0.25, 0.3) is 0 Å². The van der Waals surface area contributed by atoms with Gasteiger partial charge in [-0.15, -0.1) is 0 Å². The van der Waals surface area contributed by atoms with Gasteiger partial charge in [0.2, 0.25) is 10.0 Å². The Morgan fingerprint density at radius 2 is 1.78 bits per heavy atom. The number of nitrogens with zero attached hydrogens (tertiary/aromatic N) is 3. The number of pyridine rings is 1. The van der Waals surface area contributed by atoms with Crippen molar-refractivity contribution in [1.82, 2.24) is 14.2 Å². The molecule has 0 unspecified atom stereocenters. The van der Waals surface area contributed by atoms with Gasteiger partial charge in [0.25, 0.3) is 0 Å². The van der Waals surface area contributed by atoms with Crippen molar-refractivity contribution in [2.24, 2.45) is 0 Å². The Labute approximate surface area is 158 Å². The molecule has 0 spiro atoms. The Hall–Kier alpha value is -1.23. The molecule has 1 saturated heterocycles. The fourth-order valence-corrected chi connectivity index (χ4v) is 4.65. The second-order valence-electron chi connectivity index (χ2n) is 6.58. The number of alkyl halides is 3. The van der Waals surface area contributed by atoms with E-state index in [1.165, 1.54) is 11.2 Å². The molecule has 154 valence electrons. The Morgan fingerprint density at radius 1 is 1.11 bits per heavy atom. The molecule has 1 aromatic rings. The maximum absolute atomic E-state index is 12.8. The third kappa shape index (κ3) is 5.87. The second kappa shape index (κ2) is 9.31. The molecular weight excluding hydrogens is 383 g/mol. The van der Waals surface area contributed by atoms with Crippen LogP contribution in [0.15, 0.2) is 17.0 Å². The van der Waals surface area contributed by atoms with Gasteiger partial charge < -0.3 is 9.64 Å². The minimum Gasteiger partial charge on any atom is -0.385 e. The Kier molecular flexibility index (Phi) is 7.61. The lowest BCUT2D eigenvalue weighted by Crippen LogP contribution is -2.48. The van der Waals surface area contributed by atoms with Crippen molar-refractivity contribution in [1.29, 1.82) is 0 Å². The molecular formula is C17H26F3N3O3S. The van der Waals surface area contributed by atoms with E-state index in [4.69, 9.17) is 4.74 Å². The topological polar surface area (TPSA) is 62.7 Å². The van der Waals surface area contributed by atoms with E-state index in [9.17, 15) is 21.6 Å². The molecule has 10 heteroatoms. The highest BCUT2D eigenvalue weighted by molar-refractivity contribution is 7.89. The van der Waals surface area contributed by atoms with Crippen LogP contribution in [0.1, 0.15) is 30.7 Å². The van der Waals surface area contributed by atoms with E-state index in [2.05, 4.69) is 9.88 Å². The summed E-state index contributed by atoms with van der Waals surface area (Å²) in [6.45, 7) is 4.79. The smallest absolute Gasteiger partial charge is 0.385 e. The summed E-state index contributed by atoms with van der Waals surface area (Å²) in [6.07, 6.45) is -1.51. The Bertz CT molecular complexity index is 718. The highest BCUT2D eigenvalue weighted by atomic mass is 32.2. The monoisotopic (exact) mass is 409 g/mol. The summed E-state index contributed by atoms with van der Waals surface area (Å²) < 4.78 is 70.1. The van der Waals surface area contributed by atoms with Crippen LogP contribution in [0.3, 0.4) is 0 Å². The first-order chi connectivity index (χ1) is 12.7. The summed E-state index contributed by atoms with van der Waals surface area (Å²) in [4.78, 5) is 5.48. The van der Waals surface area contributed by atoms with Gasteiger partial charge in [-0.2, -0.15) is 17.5 Å². The number of hydrogen-bond donors (Lipinski definition) is 0. The average molecular weight is 409 g/mol. The first kappa shape index (κ1) is 22.1. The standard InChI is InChI=1S/C17H26F3N3O3S/c1-14-15(6-7-16(21-14)17(18,19)20)27(24,25)23-11-9-22(10-12-23)8-4-3-5-13-26-2/h6-7H,3-5,8-13H2,1-2H3. The average Bonchev–Trinajstić information content (AvgIpc) is 2.61. The molecule has 0 aromatic carbocycles. The third-order valence-corrected chi connectivity index (χ3v) is 6.63. The predicted octanol–water partition coefficient (Wildman–Crippen LogP) is 2.53. The van der Waals surface area contributed by atoms with Crippen molar-refractivity contribution in [3.63, 3.8) is 0 Å². The molecule has 6 nitrogen and oxygen atoms in total. The number of rotatable bonds is 8. The van der Waals surface area contributed by atoms with Crippen LogP contribution in [0.2, 0.25) is 0 Å². The van der Waals surface area contributed by atoms with E-state index >= 15 is 0 Å². The molecule has 0 saturated carbocycles. The molecule has 0 aliphatic carbocycles. The number of aromatic nitrogens is 1. The molecule has 1 aliphatic rings. The van der Waals surface area contributed by atoms with Gasteiger partial charge in [0.05, 0.1) is 5.69 Å². The molecule has 1 aromatic heterocycles. The highest BCUT2D eigenvalue weighted by Gasteiger charge is 2.35. The predicted molar refractivity (Wildman–Crippen MR) is 94.9 cm³/mol. The zero-order valence-electron chi connectivity index (χ0n) is 15.6. The molecule has 0 amide bonds. The van der Waals surface area contributed by atoms with Crippen molar-refractivity contribution in [3.05, 3.63) is 23.5 Å². The lowest BCUT2D eigenvalue weighted by molar-refractivity contribution is -0.141. The number of sulfonamides is 1. The van der Waals surface area contributed by atoms with Crippen LogP contribution < -0.4 is 0 Å². The van der Waals surface area contributed by atoms with Gasteiger partial charge in [0.15, 0.2) is 0 Å². The number of hydrogen-bond acceptors (Lipinski definition) is 5. The van der Waals surface area contributed by atoms with Crippen LogP contribution in [-0.2, 0) is 20.9 Å². The van der Waals surface area contributed by atoms with E-state index < -0.39 is 21.9 Å². The van der Waals surface area contributed by atoms with Gasteiger partial charge in [-0.25, -0.2) is 13.4 Å². The van der Waals surface area contributed by atoms with Crippen LogP contribution in [-0.4, -0.2) is 69.0 Å². The van der Waals surface area contributed by atoms with Crippen LogP contribution in [0, 0.1) is 6.92 Å². The minimum absolute atomic E-state index is 0.134. The number of halogens is 3. The fourth-order valence-electron chi connectivity index (χ4n) is 3.07. The van der Waals surface area contributed by atoms with Crippen LogP contribution >= 0.6 is 0 Å². The van der Waals surface area contributed by atoms with Gasteiger partial charge in [0.1, 0.15) is 10.6 Å². The van der Waals surface area contributed by atoms with Crippen LogP contribution in [0.5, 0.6) is 0 Å². The third-order valence-electron chi connectivity index (χ3n) is 4.60. The number of piperazine rings is 1. The van der Waals surface area contributed by atoms with Gasteiger partial charge in [-0.3, -0.25) is 0 Å². The van der Waals surface area contributed by atoms with E-state index in [0.29, 0.717) is 26.2 Å². The normalized spacial score (nSPS) is 17.4. The molecule has 2 rings (SSSR count). The van der Waals surface area contributed by atoms with E-state index in [0.717, 1.165) is 44.5 Å². The van der Waals surface area contributed by atoms with Gasteiger partial charge in [0, 0.05) is 39.9 Å². The SMILES string of the molecule is COCCCCCN1CCN(S(=O)(=O)c2ccc(C(F)(F)F)nc2C)CC1. The molecule has 1 fully saturated rings. The molecule has 0 radical (unpaired) electrons.